The maximum Gasteiger partial charge on any atom is 0.280 e. The number of ether oxygens (including phenoxy) is 1. The number of carbonyl (C=O) groups is 1. The third-order valence-corrected chi connectivity index (χ3v) is 4.09. The summed E-state index contributed by atoms with van der Waals surface area (Å²) in [4.78, 5) is 22.7. The Labute approximate surface area is 161 Å². The van der Waals surface area contributed by atoms with E-state index in [1.807, 2.05) is 0 Å². The zero-order valence-corrected chi connectivity index (χ0v) is 15.8. The molecule has 0 spiro atoms. The third kappa shape index (κ3) is 4.79. The Morgan fingerprint density at radius 3 is 2.56 bits per heavy atom. The third-order valence-electron chi connectivity index (χ3n) is 3.30. The molecule has 0 aromatic heterocycles. The number of rotatable bonds is 7. The molecule has 27 heavy (non-hydrogen) atoms. The fraction of sp³-hybridized carbons (Fsp3) is 0.118. The van der Waals surface area contributed by atoms with Crippen LogP contribution in [0.25, 0.3) is 6.08 Å². The molecule has 0 bridgehead atoms. The predicted octanol–water partition coefficient (Wildman–Crippen LogP) is 4.53. The van der Waals surface area contributed by atoms with Gasteiger partial charge in [-0.05, 0) is 40.3 Å². The summed E-state index contributed by atoms with van der Waals surface area (Å²) in [5, 5.41) is 13.4. The highest BCUT2D eigenvalue weighted by atomic mass is 79.9. The van der Waals surface area contributed by atoms with Crippen molar-refractivity contribution in [2.75, 3.05) is 19.4 Å². The Hall–Kier alpha value is -3.01. The van der Waals surface area contributed by atoms with Gasteiger partial charge in [0.2, 0.25) is 6.41 Å². The Balaban J connectivity index is 2.54. The molecule has 0 saturated carbocycles. The Kier molecular flexibility index (Phi) is 6.45. The van der Waals surface area contributed by atoms with Crippen molar-refractivity contribution >= 4 is 39.8 Å². The lowest BCUT2D eigenvalue weighted by Crippen LogP contribution is -2.02. The minimum Gasteiger partial charge on any atom is -0.453 e. The minimum absolute atomic E-state index is 0.0153. The first-order valence-electron chi connectivity index (χ1n) is 7.43. The van der Waals surface area contributed by atoms with Crippen molar-refractivity contribution in [2.24, 2.45) is 0 Å². The molecule has 1 amide bonds. The average Bonchev–Trinajstić information content (AvgIpc) is 2.60. The van der Waals surface area contributed by atoms with Gasteiger partial charge >= 0.3 is 0 Å². The van der Waals surface area contributed by atoms with Gasteiger partial charge in [0.1, 0.15) is 11.6 Å². The smallest absolute Gasteiger partial charge is 0.280 e. The molecule has 2 aromatic rings. The van der Waals surface area contributed by atoms with Crippen molar-refractivity contribution in [1.29, 1.82) is 0 Å². The van der Waals surface area contributed by atoms with Crippen LogP contribution in [-0.4, -0.2) is 30.3 Å². The number of anilines is 1. The zero-order chi connectivity index (χ0) is 20.1. The summed E-state index contributed by atoms with van der Waals surface area (Å²) in [5.41, 5.74) is -0.514. The Morgan fingerprint density at radius 1 is 1.26 bits per heavy atom. The molecule has 0 saturated heterocycles. The van der Waals surface area contributed by atoms with E-state index < -0.39 is 22.2 Å². The van der Waals surface area contributed by atoms with Crippen molar-refractivity contribution in [3.8, 4) is 11.5 Å². The topological polar surface area (TPSA) is 84.7 Å². The van der Waals surface area contributed by atoms with Crippen LogP contribution >= 0.6 is 15.9 Å². The Bertz CT molecular complexity index is 920. The van der Waals surface area contributed by atoms with E-state index in [9.17, 15) is 23.7 Å². The van der Waals surface area contributed by atoms with Crippen molar-refractivity contribution < 1.29 is 23.2 Å². The van der Waals surface area contributed by atoms with E-state index in [1.165, 1.54) is 12.1 Å². The van der Waals surface area contributed by atoms with E-state index in [0.717, 1.165) is 18.2 Å². The minimum atomic E-state index is -0.982. The number of amides is 1. The molecule has 10 heteroatoms. The van der Waals surface area contributed by atoms with Crippen LogP contribution in [0.1, 0.15) is 5.56 Å². The molecule has 2 rings (SSSR count). The van der Waals surface area contributed by atoms with Crippen molar-refractivity contribution in [1.82, 2.24) is 4.90 Å². The summed E-state index contributed by atoms with van der Waals surface area (Å²) < 4.78 is 33.5. The van der Waals surface area contributed by atoms with Crippen LogP contribution in [0.3, 0.4) is 0 Å². The second kappa shape index (κ2) is 8.58. The zero-order valence-electron chi connectivity index (χ0n) is 14.2. The SMILES string of the molecule is CN(C)C=Cc1c([N+](=O)[O-])cc(F)c(Oc2ccc(F)c(NC=O)c2)c1Br. The van der Waals surface area contributed by atoms with Crippen LogP contribution in [0.4, 0.5) is 20.2 Å². The first-order chi connectivity index (χ1) is 12.7. The van der Waals surface area contributed by atoms with Gasteiger partial charge in [-0.2, -0.15) is 0 Å². The highest BCUT2D eigenvalue weighted by Crippen LogP contribution is 2.41. The molecule has 1 N–H and O–H groups in total. The van der Waals surface area contributed by atoms with E-state index in [2.05, 4.69) is 21.2 Å². The first kappa shape index (κ1) is 20.3. The molecule has 0 aliphatic heterocycles. The van der Waals surface area contributed by atoms with Crippen LogP contribution in [-0.2, 0) is 4.79 Å². The molecule has 0 unspecified atom stereocenters. The van der Waals surface area contributed by atoms with Crippen molar-refractivity contribution in [2.45, 2.75) is 0 Å². The first-order valence-corrected chi connectivity index (χ1v) is 8.22. The number of carbonyl (C=O) groups excluding carboxylic acids is 1. The molecule has 7 nitrogen and oxygen atoms in total. The summed E-state index contributed by atoms with van der Waals surface area (Å²) >= 11 is 3.14. The number of nitrogens with zero attached hydrogens (tertiary/aromatic N) is 2. The quantitative estimate of drug-likeness (QED) is 0.387. The van der Waals surface area contributed by atoms with Gasteiger partial charge in [0, 0.05) is 20.2 Å². The normalized spacial score (nSPS) is 10.7. The number of nitrogens with one attached hydrogen (secondary N) is 1. The van der Waals surface area contributed by atoms with Gasteiger partial charge in [-0.25, -0.2) is 8.78 Å². The maximum absolute atomic E-state index is 14.4. The fourth-order valence-electron chi connectivity index (χ4n) is 2.09. The van der Waals surface area contributed by atoms with E-state index in [-0.39, 0.29) is 33.6 Å². The largest absolute Gasteiger partial charge is 0.453 e. The maximum atomic E-state index is 14.4. The van der Waals surface area contributed by atoms with Gasteiger partial charge in [-0.15, -0.1) is 0 Å². The van der Waals surface area contributed by atoms with Gasteiger partial charge in [0.05, 0.1) is 26.7 Å². The van der Waals surface area contributed by atoms with E-state index in [4.69, 9.17) is 4.74 Å². The molecule has 142 valence electrons. The Morgan fingerprint density at radius 2 is 1.96 bits per heavy atom. The van der Waals surface area contributed by atoms with Crippen LogP contribution < -0.4 is 10.1 Å². The average molecular weight is 442 g/mol. The number of hydrogen-bond donors (Lipinski definition) is 1. The fourth-order valence-corrected chi connectivity index (χ4v) is 2.70. The number of nitro benzene ring substituents is 1. The molecule has 0 heterocycles. The predicted molar refractivity (Wildman–Crippen MR) is 99.6 cm³/mol. The van der Waals surface area contributed by atoms with Gasteiger partial charge in [0.15, 0.2) is 11.6 Å². The molecule has 0 aliphatic carbocycles. The van der Waals surface area contributed by atoms with E-state index in [1.54, 1.807) is 25.2 Å². The van der Waals surface area contributed by atoms with Gasteiger partial charge in [-0.3, -0.25) is 14.9 Å². The monoisotopic (exact) mass is 441 g/mol. The molecule has 0 radical (unpaired) electrons. The lowest BCUT2D eigenvalue weighted by Gasteiger charge is -2.13. The lowest BCUT2D eigenvalue weighted by molar-refractivity contribution is -0.385. The molecule has 0 fully saturated rings. The summed E-state index contributed by atoms with van der Waals surface area (Å²) in [7, 11) is 3.44. The number of benzene rings is 2. The van der Waals surface area contributed by atoms with Crippen LogP contribution in [0.2, 0.25) is 0 Å². The van der Waals surface area contributed by atoms with E-state index >= 15 is 0 Å². The van der Waals surface area contributed by atoms with Gasteiger partial charge in [-0.1, -0.05) is 0 Å². The van der Waals surface area contributed by atoms with Crippen molar-refractivity contribution in [3.63, 3.8) is 0 Å². The van der Waals surface area contributed by atoms with Gasteiger partial charge in [0.25, 0.3) is 5.69 Å². The van der Waals surface area contributed by atoms with Crippen LogP contribution in [0, 0.1) is 21.7 Å². The number of nitro groups is 1. The molecule has 0 atom stereocenters. The molecular formula is C17H14BrF2N3O4. The second-order valence-corrected chi connectivity index (χ2v) is 6.27. The summed E-state index contributed by atoms with van der Waals surface area (Å²) in [6.45, 7) is 0. The standard InChI is InChI=1S/C17H14BrF2N3O4/c1-22(2)6-5-11-15(23(25)26)8-13(20)17(16(11)18)27-10-3-4-12(19)14(7-10)21-9-24/h3-9H,1-2H3,(H,21,24). The summed E-state index contributed by atoms with van der Waals surface area (Å²) in [5.74, 6) is -1.98. The van der Waals surface area contributed by atoms with E-state index in [0.29, 0.717) is 0 Å². The lowest BCUT2D eigenvalue weighted by atomic mass is 10.1. The van der Waals surface area contributed by atoms with Crippen LogP contribution in [0.15, 0.2) is 34.9 Å². The number of halogens is 3. The number of hydrogen-bond acceptors (Lipinski definition) is 5. The summed E-state index contributed by atoms with van der Waals surface area (Å²) in [6.07, 6.45) is 3.27. The molecule has 2 aromatic carbocycles. The summed E-state index contributed by atoms with van der Waals surface area (Å²) in [6, 6.07) is 4.16. The van der Waals surface area contributed by atoms with Crippen molar-refractivity contribution in [3.05, 3.63) is 62.3 Å². The van der Waals surface area contributed by atoms with Crippen LogP contribution in [0.5, 0.6) is 11.5 Å². The molecular weight excluding hydrogens is 428 g/mol. The second-order valence-electron chi connectivity index (χ2n) is 5.48. The molecule has 0 aliphatic rings. The van der Waals surface area contributed by atoms with Gasteiger partial charge < -0.3 is 15.0 Å². The highest BCUT2D eigenvalue weighted by molar-refractivity contribution is 9.10. The highest BCUT2D eigenvalue weighted by Gasteiger charge is 2.24.